The van der Waals surface area contributed by atoms with Gasteiger partial charge in [-0.1, -0.05) is 51.8 Å². The van der Waals surface area contributed by atoms with Crippen molar-refractivity contribution in [2.24, 2.45) is 0 Å². The van der Waals surface area contributed by atoms with Crippen LogP contribution in [0.15, 0.2) is 53.0 Å². The molecule has 1 amide bonds. The number of amides is 1. The van der Waals surface area contributed by atoms with Gasteiger partial charge in [0.2, 0.25) is 5.91 Å². The molecular formula is C22H27BrClN3O2. The predicted octanol–water partition coefficient (Wildman–Crippen LogP) is 3.98. The number of hydrogen-bond donors (Lipinski definition) is 1. The van der Waals surface area contributed by atoms with E-state index in [4.69, 9.17) is 16.3 Å². The number of hydrogen-bond acceptors (Lipinski definition) is 4. The van der Waals surface area contributed by atoms with E-state index >= 15 is 0 Å². The van der Waals surface area contributed by atoms with Crippen molar-refractivity contribution in [1.29, 1.82) is 0 Å². The van der Waals surface area contributed by atoms with E-state index in [0.717, 1.165) is 48.5 Å². The minimum Gasteiger partial charge on any atom is -0.491 e. The van der Waals surface area contributed by atoms with Gasteiger partial charge in [0.25, 0.3) is 0 Å². The zero-order valence-electron chi connectivity index (χ0n) is 16.6. The summed E-state index contributed by atoms with van der Waals surface area (Å²) >= 11 is 9.54. The van der Waals surface area contributed by atoms with E-state index < -0.39 is 0 Å². The molecule has 29 heavy (non-hydrogen) atoms. The van der Waals surface area contributed by atoms with E-state index in [0.29, 0.717) is 18.2 Å². The molecule has 156 valence electrons. The van der Waals surface area contributed by atoms with Gasteiger partial charge in [-0.3, -0.25) is 14.6 Å². The highest BCUT2D eigenvalue weighted by molar-refractivity contribution is 9.10. The average Bonchev–Trinajstić information content (AvgIpc) is 2.71. The molecule has 7 heteroatoms. The number of nitrogens with one attached hydrogen (secondary N) is 1. The summed E-state index contributed by atoms with van der Waals surface area (Å²) in [5, 5.41) is 3.73. The SMILES string of the molecule is CC(NC(=O)CN1CCN(CCOc2ccccc2Cl)CC1)c1ccc(Br)cc1. The molecule has 1 saturated heterocycles. The second-order valence-corrected chi connectivity index (χ2v) is 8.56. The molecule has 1 N–H and O–H groups in total. The Labute approximate surface area is 186 Å². The van der Waals surface area contributed by atoms with Crippen LogP contribution >= 0.6 is 27.5 Å². The van der Waals surface area contributed by atoms with E-state index in [9.17, 15) is 4.79 Å². The molecule has 0 radical (unpaired) electrons. The van der Waals surface area contributed by atoms with Crippen molar-refractivity contribution < 1.29 is 9.53 Å². The standard InChI is InChI=1S/C22H27BrClN3O2/c1-17(18-6-8-19(23)9-7-18)25-22(28)16-27-12-10-26(11-13-27)14-15-29-21-5-3-2-4-20(21)24/h2-9,17H,10-16H2,1H3,(H,25,28). The zero-order valence-corrected chi connectivity index (χ0v) is 19.0. The van der Waals surface area contributed by atoms with Crippen LogP contribution in [0.4, 0.5) is 0 Å². The molecule has 2 aromatic rings. The number of nitrogens with zero attached hydrogens (tertiary/aromatic N) is 2. The van der Waals surface area contributed by atoms with Gasteiger partial charge in [0.15, 0.2) is 0 Å². The number of rotatable bonds is 8. The van der Waals surface area contributed by atoms with Crippen molar-refractivity contribution in [1.82, 2.24) is 15.1 Å². The Morgan fingerprint density at radius 2 is 1.76 bits per heavy atom. The summed E-state index contributed by atoms with van der Waals surface area (Å²) in [4.78, 5) is 17.0. The maximum atomic E-state index is 12.4. The number of piperazine rings is 1. The first-order chi connectivity index (χ1) is 14.0. The third-order valence-corrected chi connectivity index (χ3v) is 5.92. The Morgan fingerprint density at radius 3 is 2.45 bits per heavy atom. The highest BCUT2D eigenvalue weighted by Crippen LogP contribution is 2.23. The monoisotopic (exact) mass is 479 g/mol. The van der Waals surface area contributed by atoms with Gasteiger partial charge in [-0.2, -0.15) is 0 Å². The molecular weight excluding hydrogens is 454 g/mol. The first-order valence-corrected chi connectivity index (χ1v) is 11.1. The van der Waals surface area contributed by atoms with Crippen molar-refractivity contribution in [2.75, 3.05) is 45.9 Å². The summed E-state index contributed by atoms with van der Waals surface area (Å²) in [5.74, 6) is 0.792. The van der Waals surface area contributed by atoms with Crippen LogP contribution < -0.4 is 10.1 Å². The van der Waals surface area contributed by atoms with Gasteiger partial charge in [-0.05, 0) is 36.8 Å². The lowest BCUT2D eigenvalue weighted by atomic mass is 10.1. The first-order valence-electron chi connectivity index (χ1n) is 9.88. The predicted molar refractivity (Wildman–Crippen MR) is 121 cm³/mol. The van der Waals surface area contributed by atoms with Crippen molar-refractivity contribution in [3.8, 4) is 5.75 Å². The Kier molecular flexibility index (Phi) is 8.36. The second kappa shape index (κ2) is 11.0. The smallest absolute Gasteiger partial charge is 0.234 e. The third-order valence-electron chi connectivity index (χ3n) is 5.08. The molecule has 3 rings (SSSR count). The van der Waals surface area contributed by atoms with Crippen LogP contribution in [0.2, 0.25) is 5.02 Å². The largest absolute Gasteiger partial charge is 0.491 e. The van der Waals surface area contributed by atoms with Gasteiger partial charge >= 0.3 is 0 Å². The van der Waals surface area contributed by atoms with Crippen LogP contribution in [-0.4, -0.2) is 61.6 Å². The lowest BCUT2D eigenvalue weighted by Crippen LogP contribution is -2.50. The molecule has 0 spiro atoms. The molecule has 1 aliphatic rings. The molecule has 5 nitrogen and oxygen atoms in total. The molecule has 0 aliphatic carbocycles. The van der Waals surface area contributed by atoms with Gasteiger partial charge in [-0.25, -0.2) is 0 Å². The topological polar surface area (TPSA) is 44.8 Å². The lowest BCUT2D eigenvalue weighted by Gasteiger charge is -2.34. The number of benzene rings is 2. The fourth-order valence-corrected chi connectivity index (χ4v) is 3.80. The molecule has 0 bridgehead atoms. The second-order valence-electron chi connectivity index (χ2n) is 7.24. The van der Waals surface area contributed by atoms with E-state index in [1.807, 2.05) is 55.5 Å². The molecule has 1 aliphatic heterocycles. The zero-order chi connectivity index (χ0) is 20.6. The van der Waals surface area contributed by atoms with E-state index in [1.54, 1.807) is 0 Å². The van der Waals surface area contributed by atoms with Gasteiger partial charge in [0.1, 0.15) is 12.4 Å². The normalized spacial score (nSPS) is 16.4. The molecule has 1 unspecified atom stereocenters. The fraction of sp³-hybridized carbons (Fsp3) is 0.409. The van der Waals surface area contributed by atoms with E-state index in [2.05, 4.69) is 31.0 Å². The fourth-order valence-electron chi connectivity index (χ4n) is 3.34. The molecule has 1 fully saturated rings. The summed E-state index contributed by atoms with van der Waals surface area (Å²) in [6.45, 7) is 7.53. The maximum Gasteiger partial charge on any atom is 0.234 e. The summed E-state index contributed by atoms with van der Waals surface area (Å²) in [6, 6.07) is 15.6. The van der Waals surface area contributed by atoms with Crippen molar-refractivity contribution in [3.63, 3.8) is 0 Å². The highest BCUT2D eigenvalue weighted by Gasteiger charge is 2.20. The van der Waals surface area contributed by atoms with Gasteiger partial charge in [-0.15, -0.1) is 0 Å². The summed E-state index contributed by atoms with van der Waals surface area (Å²) in [5.41, 5.74) is 1.10. The Morgan fingerprint density at radius 1 is 1.10 bits per heavy atom. The van der Waals surface area contributed by atoms with E-state index in [1.165, 1.54) is 0 Å². The third kappa shape index (κ3) is 7.00. The maximum absolute atomic E-state index is 12.4. The molecule has 1 atom stereocenters. The summed E-state index contributed by atoms with van der Waals surface area (Å²) in [7, 11) is 0. The van der Waals surface area contributed by atoms with Crippen LogP contribution in [0.5, 0.6) is 5.75 Å². The lowest BCUT2D eigenvalue weighted by molar-refractivity contribution is -0.123. The van der Waals surface area contributed by atoms with Crippen LogP contribution in [0.1, 0.15) is 18.5 Å². The average molecular weight is 481 g/mol. The molecule has 0 saturated carbocycles. The minimum atomic E-state index is -0.00107. The molecule has 2 aromatic carbocycles. The van der Waals surface area contributed by atoms with Crippen LogP contribution in [0.3, 0.4) is 0 Å². The van der Waals surface area contributed by atoms with Gasteiger partial charge < -0.3 is 10.1 Å². The Balaban J connectivity index is 1.34. The highest BCUT2D eigenvalue weighted by atomic mass is 79.9. The van der Waals surface area contributed by atoms with Gasteiger partial charge in [0, 0.05) is 37.2 Å². The van der Waals surface area contributed by atoms with Crippen molar-refractivity contribution >= 4 is 33.4 Å². The molecule has 0 aromatic heterocycles. The number of halogens is 2. The van der Waals surface area contributed by atoms with Crippen LogP contribution in [-0.2, 0) is 4.79 Å². The number of carbonyl (C=O) groups is 1. The molecule has 1 heterocycles. The van der Waals surface area contributed by atoms with E-state index in [-0.39, 0.29) is 11.9 Å². The van der Waals surface area contributed by atoms with Crippen LogP contribution in [0, 0.1) is 0 Å². The van der Waals surface area contributed by atoms with Crippen molar-refractivity contribution in [2.45, 2.75) is 13.0 Å². The van der Waals surface area contributed by atoms with Gasteiger partial charge in [0.05, 0.1) is 17.6 Å². The van der Waals surface area contributed by atoms with Crippen LogP contribution in [0.25, 0.3) is 0 Å². The number of ether oxygens (including phenoxy) is 1. The first kappa shape index (κ1) is 22.1. The Hall–Kier alpha value is -1.60. The quantitative estimate of drug-likeness (QED) is 0.621. The van der Waals surface area contributed by atoms with Crippen molar-refractivity contribution in [3.05, 3.63) is 63.6 Å². The summed E-state index contributed by atoms with van der Waals surface area (Å²) in [6.07, 6.45) is 0. The number of para-hydroxylation sites is 1. The Bertz CT molecular complexity index is 795. The summed E-state index contributed by atoms with van der Waals surface area (Å²) < 4.78 is 6.81. The minimum absolute atomic E-state index is 0.00107. The number of carbonyl (C=O) groups excluding carboxylic acids is 1.